The van der Waals surface area contributed by atoms with E-state index in [-0.39, 0.29) is 23.4 Å². The van der Waals surface area contributed by atoms with E-state index in [2.05, 4.69) is 9.88 Å². The van der Waals surface area contributed by atoms with Crippen LogP contribution in [0, 0.1) is 19.7 Å². The lowest BCUT2D eigenvalue weighted by atomic mass is 9.96. The molecule has 2 aromatic heterocycles. The third-order valence-electron chi connectivity index (χ3n) is 6.74. The minimum atomic E-state index is -1.05. The number of morpholine rings is 1. The predicted octanol–water partition coefficient (Wildman–Crippen LogP) is 2.84. The maximum absolute atomic E-state index is 15.0. The van der Waals surface area contributed by atoms with Gasteiger partial charge in [-0.2, -0.15) is 0 Å². The fourth-order valence-electron chi connectivity index (χ4n) is 4.93. The minimum Gasteiger partial charge on any atom is -0.505 e. The number of hydrogen-bond donors (Lipinski definition) is 1. The Morgan fingerprint density at radius 3 is 2.60 bits per heavy atom. The van der Waals surface area contributed by atoms with Crippen LogP contribution in [-0.2, 0) is 14.3 Å². The van der Waals surface area contributed by atoms with Crippen LogP contribution in [0.15, 0.2) is 48.2 Å². The van der Waals surface area contributed by atoms with Crippen molar-refractivity contribution in [2.24, 2.45) is 0 Å². The number of likely N-dealkylation sites (tertiary alicyclic amines) is 1. The molecule has 0 saturated carbocycles. The molecule has 0 unspecified atom stereocenters. The van der Waals surface area contributed by atoms with Crippen molar-refractivity contribution >= 4 is 23.1 Å². The number of aromatic nitrogens is 2. The van der Waals surface area contributed by atoms with Gasteiger partial charge in [-0.3, -0.25) is 18.9 Å². The fourth-order valence-corrected chi connectivity index (χ4v) is 4.93. The number of halogens is 1. The summed E-state index contributed by atoms with van der Waals surface area (Å²) in [6.07, 6.45) is 1.74. The highest BCUT2D eigenvalue weighted by Gasteiger charge is 2.47. The topological polar surface area (TPSA) is 87.4 Å². The molecule has 0 radical (unpaired) electrons. The molecule has 1 amide bonds. The van der Waals surface area contributed by atoms with Gasteiger partial charge in [-0.1, -0.05) is 24.3 Å². The Kier molecular flexibility index (Phi) is 6.12. The smallest absolute Gasteiger partial charge is 0.295 e. The number of nitrogens with zero attached hydrogens (tertiary/aromatic N) is 4. The summed E-state index contributed by atoms with van der Waals surface area (Å²) in [5.74, 6) is -2.50. The number of aryl methyl sites for hydroxylation is 2. The Morgan fingerprint density at radius 2 is 1.86 bits per heavy atom. The Balaban J connectivity index is 1.64. The summed E-state index contributed by atoms with van der Waals surface area (Å²) in [6, 6.07) is 8.71. The molecule has 1 aromatic carbocycles. The van der Waals surface area contributed by atoms with Gasteiger partial charge in [-0.15, -0.1) is 0 Å². The number of aliphatic hydroxyl groups is 1. The molecule has 2 fully saturated rings. The first-order chi connectivity index (χ1) is 16.9. The second-order valence-corrected chi connectivity index (χ2v) is 8.90. The number of carbonyl (C=O) groups is 2. The number of hydrogen-bond acceptors (Lipinski definition) is 6. The van der Waals surface area contributed by atoms with Gasteiger partial charge in [0.05, 0.1) is 30.5 Å². The second-order valence-electron chi connectivity index (χ2n) is 8.90. The third kappa shape index (κ3) is 4.00. The highest BCUT2D eigenvalue weighted by atomic mass is 19.1. The number of aliphatic hydroxyl groups excluding tert-OH is 1. The van der Waals surface area contributed by atoms with Gasteiger partial charge in [0.15, 0.2) is 5.76 Å². The van der Waals surface area contributed by atoms with Gasteiger partial charge in [0.2, 0.25) is 0 Å². The van der Waals surface area contributed by atoms with Crippen molar-refractivity contribution in [3.05, 3.63) is 76.5 Å². The molecule has 1 atom stereocenters. The van der Waals surface area contributed by atoms with Crippen LogP contribution in [0.3, 0.4) is 0 Å². The highest BCUT2D eigenvalue weighted by molar-refractivity contribution is 6.46. The molecule has 9 heteroatoms. The van der Waals surface area contributed by atoms with Crippen LogP contribution in [0.2, 0.25) is 0 Å². The number of rotatable bonds is 5. The lowest BCUT2D eigenvalue weighted by Crippen LogP contribution is -2.42. The molecule has 2 saturated heterocycles. The molecular formula is C26H27FN4O4. The van der Waals surface area contributed by atoms with E-state index < -0.39 is 23.5 Å². The number of imidazole rings is 1. The van der Waals surface area contributed by atoms with Gasteiger partial charge in [0, 0.05) is 37.9 Å². The Hall–Kier alpha value is -3.56. The van der Waals surface area contributed by atoms with E-state index >= 15 is 4.39 Å². The summed E-state index contributed by atoms with van der Waals surface area (Å²) < 4.78 is 22.1. The van der Waals surface area contributed by atoms with Crippen molar-refractivity contribution in [3.8, 4) is 0 Å². The maximum atomic E-state index is 15.0. The van der Waals surface area contributed by atoms with Crippen molar-refractivity contribution < 1.29 is 23.8 Å². The van der Waals surface area contributed by atoms with Crippen LogP contribution in [0.25, 0.3) is 11.4 Å². The SMILES string of the molecule is Cc1nc2c(C)cccn2c1/C(O)=C1\C(=O)C(=O)N(CCN2CCOCC2)[C@@H]1c1ccccc1F. The molecule has 1 N–H and O–H groups in total. The van der Waals surface area contributed by atoms with Crippen LogP contribution >= 0.6 is 0 Å². The number of fused-ring (bicyclic) bond motifs is 1. The average molecular weight is 479 g/mol. The Labute approximate surface area is 202 Å². The zero-order valence-electron chi connectivity index (χ0n) is 19.7. The second kappa shape index (κ2) is 9.24. The number of ether oxygens (including phenoxy) is 1. The first-order valence-corrected chi connectivity index (χ1v) is 11.7. The standard InChI is InChI=1S/C26H27FN4O4/c1-16-6-5-9-30-21(17(2)28-25(16)30)23(32)20-22(18-7-3-4-8-19(18)27)31(26(34)24(20)33)11-10-29-12-14-35-15-13-29/h3-9,22,32H,10-15H2,1-2H3/b23-20+/t22-/m1/s1. The molecule has 5 rings (SSSR count). The van der Waals surface area contributed by atoms with Crippen molar-refractivity contribution in [1.29, 1.82) is 0 Å². The summed E-state index contributed by atoms with van der Waals surface area (Å²) in [5, 5.41) is 11.5. The molecule has 182 valence electrons. The van der Waals surface area contributed by atoms with E-state index in [4.69, 9.17) is 4.74 Å². The van der Waals surface area contributed by atoms with Crippen molar-refractivity contribution in [2.75, 3.05) is 39.4 Å². The summed E-state index contributed by atoms with van der Waals surface area (Å²) in [7, 11) is 0. The monoisotopic (exact) mass is 478 g/mol. The molecular weight excluding hydrogens is 451 g/mol. The summed E-state index contributed by atoms with van der Waals surface area (Å²) in [6.45, 7) is 6.98. The highest BCUT2D eigenvalue weighted by Crippen LogP contribution is 2.40. The van der Waals surface area contributed by atoms with Gasteiger partial charge in [-0.05, 0) is 31.5 Å². The number of benzene rings is 1. The molecule has 35 heavy (non-hydrogen) atoms. The van der Waals surface area contributed by atoms with E-state index in [1.165, 1.54) is 11.0 Å². The van der Waals surface area contributed by atoms with Crippen LogP contribution in [0.5, 0.6) is 0 Å². The van der Waals surface area contributed by atoms with Crippen molar-refractivity contribution in [2.45, 2.75) is 19.9 Å². The van der Waals surface area contributed by atoms with Gasteiger partial charge in [0.1, 0.15) is 17.2 Å². The zero-order chi connectivity index (χ0) is 24.7. The number of amides is 1. The molecule has 0 spiro atoms. The van der Waals surface area contributed by atoms with Crippen molar-refractivity contribution in [3.63, 3.8) is 0 Å². The largest absolute Gasteiger partial charge is 0.505 e. The van der Waals surface area contributed by atoms with Gasteiger partial charge in [-0.25, -0.2) is 9.37 Å². The number of ketones is 1. The van der Waals surface area contributed by atoms with E-state index in [1.807, 2.05) is 19.1 Å². The van der Waals surface area contributed by atoms with Crippen LogP contribution < -0.4 is 0 Å². The number of carbonyl (C=O) groups excluding carboxylic acids is 2. The lowest BCUT2D eigenvalue weighted by Gasteiger charge is -2.31. The van der Waals surface area contributed by atoms with E-state index in [9.17, 15) is 14.7 Å². The first-order valence-electron chi connectivity index (χ1n) is 11.7. The molecule has 3 aromatic rings. The predicted molar refractivity (Wildman–Crippen MR) is 127 cm³/mol. The maximum Gasteiger partial charge on any atom is 0.295 e. The Morgan fingerprint density at radius 1 is 1.11 bits per heavy atom. The van der Waals surface area contributed by atoms with Crippen LogP contribution in [0.4, 0.5) is 4.39 Å². The Bertz CT molecular complexity index is 1340. The fraction of sp³-hybridized carbons (Fsp3) is 0.346. The van der Waals surface area contributed by atoms with Gasteiger partial charge in [0.25, 0.3) is 11.7 Å². The minimum absolute atomic E-state index is 0.131. The van der Waals surface area contributed by atoms with Gasteiger partial charge < -0.3 is 14.7 Å². The number of Topliss-reactive ketones (excluding diaryl/α,β-unsaturated/α-hetero) is 1. The van der Waals surface area contributed by atoms with Crippen LogP contribution in [0.1, 0.15) is 28.6 Å². The molecule has 4 heterocycles. The summed E-state index contributed by atoms with van der Waals surface area (Å²) >= 11 is 0. The zero-order valence-corrected chi connectivity index (χ0v) is 19.7. The number of pyridine rings is 1. The first kappa shape index (κ1) is 23.2. The average Bonchev–Trinajstić information content (AvgIpc) is 3.32. The molecule has 8 nitrogen and oxygen atoms in total. The van der Waals surface area contributed by atoms with Gasteiger partial charge >= 0.3 is 0 Å². The molecule has 0 bridgehead atoms. The molecule has 2 aliphatic heterocycles. The normalized spacial score (nSPS) is 20.8. The van der Waals surface area contributed by atoms with E-state index in [0.717, 1.165) is 5.56 Å². The van der Waals surface area contributed by atoms with Crippen molar-refractivity contribution in [1.82, 2.24) is 19.2 Å². The van der Waals surface area contributed by atoms with E-state index in [0.29, 0.717) is 49.9 Å². The quantitative estimate of drug-likeness (QED) is 0.345. The molecule has 0 aliphatic carbocycles. The van der Waals surface area contributed by atoms with Crippen LogP contribution in [-0.4, -0.2) is 75.4 Å². The molecule has 2 aliphatic rings. The lowest BCUT2D eigenvalue weighted by molar-refractivity contribution is -0.140. The summed E-state index contributed by atoms with van der Waals surface area (Å²) in [4.78, 5) is 34.6. The summed E-state index contributed by atoms with van der Waals surface area (Å²) in [5.41, 5.74) is 2.38. The third-order valence-corrected chi connectivity index (χ3v) is 6.74. The van der Waals surface area contributed by atoms with E-state index in [1.54, 1.807) is 35.7 Å².